The topological polar surface area (TPSA) is 81.4 Å². The van der Waals surface area contributed by atoms with Crippen molar-refractivity contribution in [3.63, 3.8) is 0 Å². The van der Waals surface area contributed by atoms with Crippen LogP contribution in [0.4, 0.5) is 0 Å². The van der Waals surface area contributed by atoms with Crippen molar-refractivity contribution in [2.75, 3.05) is 13.1 Å². The van der Waals surface area contributed by atoms with Crippen LogP contribution in [0.25, 0.3) is 11.3 Å². The van der Waals surface area contributed by atoms with E-state index in [2.05, 4.69) is 15.4 Å². The van der Waals surface area contributed by atoms with Crippen molar-refractivity contribution >= 4 is 5.91 Å². The van der Waals surface area contributed by atoms with E-state index in [1.165, 1.54) is 0 Å². The van der Waals surface area contributed by atoms with Gasteiger partial charge in [0, 0.05) is 36.9 Å². The van der Waals surface area contributed by atoms with Crippen LogP contribution >= 0.6 is 0 Å². The number of likely N-dealkylation sites (tertiary alicyclic amines) is 1. The van der Waals surface area contributed by atoms with Gasteiger partial charge in [0.2, 0.25) is 5.88 Å². The molecule has 0 bridgehead atoms. The second-order valence-corrected chi connectivity index (χ2v) is 5.78. The molecule has 4 rings (SSSR count). The summed E-state index contributed by atoms with van der Waals surface area (Å²) in [6.45, 7) is 1.10. The summed E-state index contributed by atoms with van der Waals surface area (Å²) in [6, 6.07) is 14.8. The minimum absolute atomic E-state index is 0.0962. The van der Waals surface area contributed by atoms with Gasteiger partial charge in [-0.15, -0.1) is 5.10 Å². The molecular weight excluding hydrogens is 320 g/mol. The van der Waals surface area contributed by atoms with E-state index in [4.69, 9.17) is 9.26 Å². The number of nitrogens with zero attached hydrogens (tertiary/aromatic N) is 4. The second kappa shape index (κ2) is 6.72. The van der Waals surface area contributed by atoms with E-state index in [1.54, 1.807) is 29.3 Å². The average Bonchev–Trinajstić information content (AvgIpc) is 3.33. The Bertz CT molecular complexity index is 851. The molecule has 0 radical (unpaired) electrons. The smallest absolute Gasteiger partial charge is 0.276 e. The van der Waals surface area contributed by atoms with E-state index >= 15 is 0 Å². The van der Waals surface area contributed by atoms with E-state index in [-0.39, 0.29) is 12.0 Å². The predicted molar refractivity (Wildman–Crippen MR) is 88.9 cm³/mol. The molecule has 1 aliphatic heterocycles. The molecule has 0 saturated carbocycles. The molecule has 1 fully saturated rings. The number of aromatic nitrogens is 3. The zero-order chi connectivity index (χ0) is 17.1. The third-order valence-electron chi connectivity index (χ3n) is 4.06. The van der Waals surface area contributed by atoms with Gasteiger partial charge in [0.25, 0.3) is 5.91 Å². The lowest BCUT2D eigenvalue weighted by atomic mass is 10.1. The van der Waals surface area contributed by atoms with Crippen LogP contribution in [0.2, 0.25) is 0 Å². The largest absolute Gasteiger partial charge is 0.471 e. The lowest BCUT2D eigenvalue weighted by molar-refractivity contribution is 0.0761. The molecule has 0 spiro atoms. The first-order chi connectivity index (χ1) is 12.3. The fourth-order valence-electron chi connectivity index (χ4n) is 2.81. The normalized spacial score (nSPS) is 16.8. The molecule has 1 aliphatic rings. The molecule has 1 saturated heterocycles. The Hall–Kier alpha value is -3.22. The van der Waals surface area contributed by atoms with E-state index in [9.17, 15) is 4.79 Å². The molecule has 0 aliphatic carbocycles. The summed E-state index contributed by atoms with van der Waals surface area (Å²) in [5.74, 6) is 0.890. The standard InChI is InChI=1S/C18H16N4O3/c23-18(15-11-16(25-21-15)13-5-2-1-3-6-13)22-10-8-14(12-22)24-17-7-4-9-19-20-17/h1-7,9,11,14H,8,10,12H2. The maximum Gasteiger partial charge on any atom is 0.276 e. The van der Waals surface area contributed by atoms with Crippen LogP contribution in [-0.4, -0.2) is 45.4 Å². The van der Waals surface area contributed by atoms with Crippen LogP contribution in [0, 0.1) is 0 Å². The molecule has 1 atom stereocenters. The summed E-state index contributed by atoms with van der Waals surface area (Å²) < 4.78 is 11.1. The monoisotopic (exact) mass is 336 g/mol. The van der Waals surface area contributed by atoms with Gasteiger partial charge in [-0.25, -0.2) is 0 Å². The molecule has 1 unspecified atom stereocenters. The van der Waals surface area contributed by atoms with Crippen LogP contribution < -0.4 is 4.74 Å². The van der Waals surface area contributed by atoms with E-state index in [1.807, 2.05) is 30.3 Å². The van der Waals surface area contributed by atoms with Crippen molar-refractivity contribution in [3.8, 4) is 17.2 Å². The minimum Gasteiger partial charge on any atom is -0.471 e. The van der Waals surface area contributed by atoms with Gasteiger partial charge in [0.05, 0.1) is 6.54 Å². The van der Waals surface area contributed by atoms with Crippen LogP contribution in [0.3, 0.4) is 0 Å². The highest BCUT2D eigenvalue weighted by Gasteiger charge is 2.30. The number of carbonyl (C=O) groups excluding carboxylic acids is 1. The first kappa shape index (κ1) is 15.3. The molecule has 7 heteroatoms. The van der Waals surface area contributed by atoms with E-state index < -0.39 is 0 Å². The van der Waals surface area contributed by atoms with Crippen molar-refractivity contribution in [1.29, 1.82) is 0 Å². The molecule has 0 N–H and O–H groups in total. The number of hydrogen-bond acceptors (Lipinski definition) is 6. The van der Waals surface area contributed by atoms with Crippen molar-refractivity contribution in [2.24, 2.45) is 0 Å². The van der Waals surface area contributed by atoms with Gasteiger partial charge < -0.3 is 14.2 Å². The van der Waals surface area contributed by atoms with Gasteiger partial charge in [-0.05, 0) is 6.07 Å². The summed E-state index contributed by atoms with van der Waals surface area (Å²) >= 11 is 0. The number of rotatable bonds is 4. The van der Waals surface area contributed by atoms with Gasteiger partial charge in [-0.3, -0.25) is 4.79 Å². The Balaban J connectivity index is 1.41. The highest BCUT2D eigenvalue weighted by molar-refractivity contribution is 5.93. The third-order valence-corrected chi connectivity index (χ3v) is 4.06. The maximum absolute atomic E-state index is 12.6. The Kier molecular flexibility index (Phi) is 4.12. The van der Waals surface area contributed by atoms with Crippen molar-refractivity contribution < 1.29 is 14.1 Å². The Morgan fingerprint density at radius 1 is 1.20 bits per heavy atom. The van der Waals surface area contributed by atoms with E-state index in [0.717, 1.165) is 12.0 Å². The fraction of sp³-hybridized carbons (Fsp3) is 0.222. The quantitative estimate of drug-likeness (QED) is 0.728. The predicted octanol–water partition coefficient (Wildman–Crippen LogP) is 2.43. The van der Waals surface area contributed by atoms with Crippen molar-refractivity contribution in [3.05, 3.63) is 60.4 Å². The summed E-state index contributed by atoms with van der Waals surface area (Å²) in [7, 11) is 0. The first-order valence-corrected chi connectivity index (χ1v) is 8.05. The van der Waals surface area contributed by atoms with E-state index in [0.29, 0.717) is 30.4 Å². The van der Waals surface area contributed by atoms with Crippen LogP contribution in [0.1, 0.15) is 16.9 Å². The number of carbonyl (C=O) groups is 1. The maximum atomic E-state index is 12.6. The van der Waals surface area contributed by atoms with Gasteiger partial charge in [-0.2, -0.15) is 5.10 Å². The molecule has 1 amide bonds. The number of hydrogen-bond donors (Lipinski definition) is 0. The van der Waals surface area contributed by atoms with Gasteiger partial charge in [0.1, 0.15) is 6.10 Å². The molecule has 7 nitrogen and oxygen atoms in total. The number of amides is 1. The van der Waals surface area contributed by atoms with Crippen LogP contribution in [-0.2, 0) is 0 Å². The van der Waals surface area contributed by atoms with Gasteiger partial charge in [-0.1, -0.05) is 35.5 Å². The first-order valence-electron chi connectivity index (χ1n) is 8.05. The van der Waals surface area contributed by atoms with Crippen molar-refractivity contribution in [1.82, 2.24) is 20.3 Å². The summed E-state index contributed by atoms with van der Waals surface area (Å²) in [5.41, 5.74) is 1.19. The fourth-order valence-corrected chi connectivity index (χ4v) is 2.81. The van der Waals surface area contributed by atoms with Gasteiger partial charge >= 0.3 is 0 Å². The average molecular weight is 336 g/mol. The lowest BCUT2D eigenvalue weighted by Gasteiger charge is -2.15. The summed E-state index contributed by atoms with van der Waals surface area (Å²) in [6.07, 6.45) is 2.24. The Labute approximate surface area is 144 Å². The minimum atomic E-state index is -0.156. The molecule has 1 aromatic carbocycles. The molecule has 2 aromatic heterocycles. The third kappa shape index (κ3) is 3.35. The zero-order valence-corrected chi connectivity index (χ0v) is 13.4. The molecule has 25 heavy (non-hydrogen) atoms. The molecule has 3 heterocycles. The Morgan fingerprint density at radius 2 is 2.08 bits per heavy atom. The highest BCUT2D eigenvalue weighted by Crippen LogP contribution is 2.22. The summed E-state index contributed by atoms with van der Waals surface area (Å²) in [5, 5.41) is 11.6. The molecule has 3 aromatic rings. The zero-order valence-electron chi connectivity index (χ0n) is 13.4. The van der Waals surface area contributed by atoms with Crippen LogP contribution in [0.5, 0.6) is 5.88 Å². The number of benzene rings is 1. The highest BCUT2D eigenvalue weighted by atomic mass is 16.5. The van der Waals surface area contributed by atoms with Crippen LogP contribution in [0.15, 0.2) is 59.3 Å². The molecular formula is C18H16N4O3. The Morgan fingerprint density at radius 3 is 2.88 bits per heavy atom. The second-order valence-electron chi connectivity index (χ2n) is 5.78. The lowest BCUT2D eigenvalue weighted by Crippen LogP contribution is -2.31. The molecule has 126 valence electrons. The SMILES string of the molecule is O=C(c1cc(-c2ccccc2)on1)N1CCC(Oc2cccnn2)C1. The number of ether oxygens (including phenoxy) is 1. The van der Waals surface area contributed by atoms with Gasteiger partial charge in [0.15, 0.2) is 11.5 Å². The summed E-state index contributed by atoms with van der Waals surface area (Å²) in [4.78, 5) is 14.3. The van der Waals surface area contributed by atoms with Crippen molar-refractivity contribution in [2.45, 2.75) is 12.5 Å².